The normalized spacial score (nSPS) is 18.1. The number of aliphatic carboxylic acids is 1. The monoisotopic (exact) mass is 652 g/mol. The molecule has 1 fully saturated rings. The van der Waals surface area contributed by atoms with E-state index in [4.69, 9.17) is 4.74 Å². The Bertz CT molecular complexity index is 1980. The molecule has 4 aromatic rings. The van der Waals surface area contributed by atoms with Crippen LogP contribution in [0.15, 0.2) is 65.6 Å². The van der Waals surface area contributed by atoms with Gasteiger partial charge in [-0.2, -0.15) is 13.2 Å². The van der Waals surface area contributed by atoms with Crippen LogP contribution in [0.3, 0.4) is 0 Å². The van der Waals surface area contributed by atoms with Crippen molar-refractivity contribution in [1.82, 2.24) is 9.88 Å². The summed E-state index contributed by atoms with van der Waals surface area (Å²) in [5.74, 6) is -4.56. The number of nitrogens with zero attached hydrogens (tertiary/aromatic N) is 1. The van der Waals surface area contributed by atoms with Crippen LogP contribution in [0.25, 0.3) is 11.1 Å². The number of carbonyl (C=O) groups is 2. The zero-order valence-corrected chi connectivity index (χ0v) is 25.3. The molecule has 2 heterocycles. The van der Waals surface area contributed by atoms with Gasteiger partial charge in [-0.05, 0) is 91.3 Å². The predicted octanol–water partition coefficient (Wildman–Crippen LogP) is 7.12. The number of fused-ring (bicyclic) bond motifs is 6. The SMILES string of the molecule is Cc1cc2cc(c1F)[C@H](CC(=O)O)NC(=O)[C@@H](n1ccc(C(F)(F)F)c(C3CC3)c1=O)c1cc(ccc1F)COc1cccc(C)c1-2. The number of rotatable bonds is 4. The number of carboxylic acid groups (broad SMARTS) is 1. The Labute approximate surface area is 265 Å². The van der Waals surface area contributed by atoms with Crippen molar-refractivity contribution in [3.8, 4) is 16.9 Å². The number of alkyl halides is 3. The lowest BCUT2D eigenvalue weighted by Gasteiger charge is -2.27. The van der Waals surface area contributed by atoms with Crippen LogP contribution in [0.2, 0.25) is 0 Å². The van der Waals surface area contributed by atoms with Crippen molar-refractivity contribution in [3.05, 3.63) is 122 Å². The van der Waals surface area contributed by atoms with Gasteiger partial charge in [0.1, 0.15) is 30.0 Å². The lowest BCUT2D eigenvalue weighted by Crippen LogP contribution is -2.41. The second-order valence-electron chi connectivity index (χ2n) is 12.0. The number of aryl methyl sites for hydroxylation is 2. The molecule has 2 aliphatic rings. The number of amides is 1. The molecule has 0 radical (unpaired) electrons. The van der Waals surface area contributed by atoms with Gasteiger partial charge in [0.05, 0.1) is 18.0 Å². The van der Waals surface area contributed by atoms with Gasteiger partial charge in [-0.1, -0.05) is 18.2 Å². The van der Waals surface area contributed by atoms with Crippen LogP contribution in [-0.2, 0) is 22.4 Å². The molecule has 1 saturated carbocycles. The molecule has 1 amide bonds. The van der Waals surface area contributed by atoms with E-state index in [-0.39, 0.29) is 23.3 Å². The number of halogens is 5. The van der Waals surface area contributed by atoms with Gasteiger partial charge >= 0.3 is 12.1 Å². The summed E-state index contributed by atoms with van der Waals surface area (Å²) in [6, 6.07) is 9.25. The average Bonchev–Trinajstić information content (AvgIpc) is 3.83. The molecule has 7 nitrogen and oxygen atoms in total. The first-order valence-corrected chi connectivity index (χ1v) is 14.9. The zero-order chi connectivity index (χ0) is 33.8. The highest BCUT2D eigenvalue weighted by molar-refractivity contribution is 5.85. The fraction of sp³-hybridized carbons (Fsp3) is 0.286. The number of aromatic nitrogens is 1. The second kappa shape index (κ2) is 12.0. The van der Waals surface area contributed by atoms with E-state index in [1.165, 1.54) is 25.1 Å². The van der Waals surface area contributed by atoms with Crippen molar-refractivity contribution in [3.63, 3.8) is 0 Å². The van der Waals surface area contributed by atoms with Crippen LogP contribution < -0.4 is 15.6 Å². The molecule has 4 bridgehead atoms. The maximum absolute atomic E-state index is 15.8. The van der Waals surface area contributed by atoms with E-state index in [0.717, 1.165) is 22.4 Å². The number of pyridine rings is 1. The Hall–Kier alpha value is -5.00. The van der Waals surface area contributed by atoms with Crippen molar-refractivity contribution >= 4 is 11.9 Å². The number of nitrogens with one attached hydrogen (secondary N) is 1. The van der Waals surface area contributed by atoms with Gasteiger partial charge in [0, 0.05) is 28.5 Å². The predicted molar refractivity (Wildman–Crippen MR) is 161 cm³/mol. The van der Waals surface area contributed by atoms with E-state index in [1.54, 1.807) is 18.2 Å². The third kappa shape index (κ3) is 6.11. The van der Waals surface area contributed by atoms with E-state index in [1.807, 2.05) is 13.0 Å². The zero-order valence-electron chi connectivity index (χ0n) is 25.3. The molecule has 1 aliphatic carbocycles. The van der Waals surface area contributed by atoms with Crippen LogP contribution in [0.4, 0.5) is 22.0 Å². The highest BCUT2D eigenvalue weighted by Gasteiger charge is 2.42. The first-order valence-electron chi connectivity index (χ1n) is 14.9. The minimum Gasteiger partial charge on any atom is -0.488 e. The maximum atomic E-state index is 15.8. The number of carbonyl (C=O) groups excluding carboxylic acids is 1. The first kappa shape index (κ1) is 32.0. The Morgan fingerprint density at radius 3 is 2.43 bits per heavy atom. The molecule has 2 N–H and O–H groups in total. The summed E-state index contributed by atoms with van der Waals surface area (Å²) >= 11 is 0. The molecule has 0 spiro atoms. The number of hydrogen-bond acceptors (Lipinski definition) is 4. The molecular weight excluding hydrogens is 623 g/mol. The standard InChI is InChI=1S/C35H29F5N2O5/c1-17-4-3-5-27-29(17)21-12-18(2)31(37)23(14-21)26(15-28(43)44)41-33(45)32(22-13-19(16-47-27)6-9-25(22)36)42-11-10-24(35(38,39)40)30(34(42)46)20-7-8-20/h3-6,9-14,20,26,32H,7-8,15-16H2,1-2H3,(H,41,45)(H,43,44)/t26-,32-/m0/s1. The fourth-order valence-corrected chi connectivity index (χ4v) is 6.24. The summed E-state index contributed by atoms with van der Waals surface area (Å²) in [6.45, 7) is 3.18. The molecule has 0 saturated heterocycles. The quantitative estimate of drug-likeness (QED) is 0.229. The van der Waals surface area contributed by atoms with Gasteiger partial charge in [0.15, 0.2) is 0 Å². The van der Waals surface area contributed by atoms with Crippen molar-refractivity contribution < 1.29 is 41.4 Å². The first-order chi connectivity index (χ1) is 22.2. The molecule has 12 heteroatoms. The van der Waals surface area contributed by atoms with Gasteiger partial charge in [-0.25, -0.2) is 8.78 Å². The molecule has 3 aromatic carbocycles. The number of ether oxygens (including phenoxy) is 1. The Kier molecular flexibility index (Phi) is 8.15. The fourth-order valence-electron chi connectivity index (χ4n) is 6.24. The van der Waals surface area contributed by atoms with E-state index >= 15 is 8.78 Å². The summed E-state index contributed by atoms with van der Waals surface area (Å²) in [5.41, 5.74) is -0.995. The van der Waals surface area contributed by atoms with E-state index < -0.39 is 70.8 Å². The van der Waals surface area contributed by atoms with Gasteiger partial charge in [0.2, 0.25) is 5.91 Å². The Morgan fingerprint density at radius 1 is 1.00 bits per heavy atom. The van der Waals surface area contributed by atoms with Gasteiger partial charge in [-0.15, -0.1) is 0 Å². The van der Waals surface area contributed by atoms with Crippen molar-refractivity contribution in [2.24, 2.45) is 0 Å². The summed E-state index contributed by atoms with van der Waals surface area (Å²) in [4.78, 5) is 40.0. The molecule has 1 aromatic heterocycles. The van der Waals surface area contributed by atoms with Crippen LogP contribution in [-0.4, -0.2) is 21.6 Å². The van der Waals surface area contributed by atoms with Gasteiger partial charge in [-0.3, -0.25) is 19.0 Å². The van der Waals surface area contributed by atoms with Crippen molar-refractivity contribution in [1.29, 1.82) is 0 Å². The molecule has 244 valence electrons. The Balaban J connectivity index is 1.61. The second-order valence-corrected chi connectivity index (χ2v) is 12.0. The smallest absolute Gasteiger partial charge is 0.416 e. The number of hydrogen-bond donors (Lipinski definition) is 2. The van der Waals surface area contributed by atoms with Gasteiger partial charge < -0.3 is 15.2 Å². The third-order valence-corrected chi connectivity index (χ3v) is 8.60. The molecule has 6 rings (SSSR count). The average molecular weight is 653 g/mol. The largest absolute Gasteiger partial charge is 0.488 e. The lowest BCUT2D eigenvalue weighted by atomic mass is 9.91. The third-order valence-electron chi connectivity index (χ3n) is 8.60. The summed E-state index contributed by atoms with van der Waals surface area (Å²) in [5, 5.41) is 12.3. The van der Waals surface area contributed by atoms with Crippen LogP contribution in [0.5, 0.6) is 5.75 Å². The molecule has 2 atom stereocenters. The minimum absolute atomic E-state index is 0.123. The summed E-state index contributed by atoms with van der Waals surface area (Å²) < 4.78 is 80.3. The van der Waals surface area contributed by atoms with E-state index in [2.05, 4.69) is 5.32 Å². The Morgan fingerprint density at radius 2 is 1.74 bits per heavy atom. The highest BCUT2D eigenvalue weighted by atomic mass is 19.4. The van der Waals surface area contributed by atoms with Crippen molar-refractivity contribution in [2.75, 3.05) is 0 Å². The highest BCUT2D eigenvalue weighted by Crippen LogP contribution is 2.44. The summed E-state index contributed by atoms with van der Waals surface area (Å²) in [6.07, 6.45) is -4.21. The lowest BCUT2D eigenvalue weighted by molar-refractivity contribution is -0.139. The topological polar surface area (TPSA) is 97.6 Å². The van der Waals surface area contributed by atoms with Crippen molar-refractivity contribution in [2.45, 2.75) is 63.9 Å². The summed E-state index contributed by atoms with van der Waals surface area (Å²) in [7, 11) is 0. The molecular formula is C35H29F5N2O5. The van der Waals surface area contributed by atoms with Crippen LogP contribution in [0.1, 0.15) is 76.2 Å². The molecule has 47 heavy (non-hydrogen) atoms. The number of carboxylic acids is 1. The van der Waals surface area contributed by atoms with E-state index in [0.29, 0.717) is 41.3 Å². The van der Waals surface area contributed by atoms with Gasteiger partial charge in [0.25, 0.3) is 5.56 Å². The van der Waals surface area contributed by atoms with E-state index in [9.17, 15) is 32.7 Å². The number of benzene rings is 3. The minimum atomic E-state index is -4.86. The van der Waals surface area contributed by atoms with Crippen LogP contribution in [0, 0.1) is 25.5 Å². The maximum Gasteiger partial charge on any atom is 0.416 e. The molecule has 1 aliphatic heterocycles. The molecule has 0 unspecified atom stereocenters. The van der Waals surface area contributed by atoms with Crippen LogP contribution >= 0.6 is 0 Å².